The van der Waals surface area contributed by atoms with Crippen molar-refractivity contribution in [1.29, 1.82) is 0 Å². The molecule has 212 valence electrons. The van der Waals surface area contributed by atoms with Gasteiger partial charge in [0.2, 0.25) is 0 Å². The van der Waals surface area contributed by atoms with Crippen molar-refractivity contribution in [2.45, 2.75) is 51.6 Å². The van der Waals surface area contributed by atoms with Gasteiger partial charge in [0, 0.05) is 50.4 Å². The van der Waals surface area contributed by atoms with E-state index in [9.17, 15) is 14.7 Å². The van der Waals surface area contributed by atoms with E-state index in [0.29, 0.717) is 44.0 Å². The van der Waals surface area contributed by atoms with E-state index in [2.05, 4.69) is 27.1 Å². The quantitative estimate of drug-likeness (QED) is 0.411. The molecule has 40 heavy (non-hydrogen) atoms. The molecule has 10 heteroatoms. The van der Waals surface area contributed by atoms with Gasteiger partial charge in [0.15, 0.2) is 5.82 Å². The van der Waals surface area contributed by atoms with Crippen LogP contribution in [0.15, 0.2) is 48.9 Å². The summed E-state index contributed by atoms with van der Waals surface area (Å²) >= 11 is 6.02. The third-order valence-electron chi connectivity index (χ3n) is 7.52. The first kappa shape index (κ1) is 28.1. The summed E-state index contributed by atoms with van der Waals surface area (Å²) in [6.07, 6.45) is 6.95. The van der Waals surface area contributed by atoms with Crippen LogP contribution < -0.4 is 4.90 Å². The normalized spacial score (nSPS) is 17.0. The molecule has 5 rings (SSSR count). The number of halogens is 1. The van der Waals surface area contributed by atoms with E-state index < -0.39 is 5.60 Å². The second-order valence-electron chi connectivity index (χ2n) is 11.6. The van der Waals surface area contributed by atoms with Gasteiger partial charge in [-0.05, 0) is 74.4 Å². The number of fused-ring (bicyclic) bond motifs is 1. The van der Waals surface area contributed by atoms with Crippen LogP contribution >= 0.6 is 11.6 Å². The minimum absolute atomic E-state index is 0.0298. The lowest BCUT2D eigenvalue weighted by Gasteiger charge is -2.39. The summed E-state index contributed by atoms with van der Waals surface area (Å²) in [5.74, 6) is 0.907. The van der Waals surface area contributed by atoms with E-state index in [4.69, 9.17) is 16.3 Å². The maximum atomic E-state index is 13.1. The van der Waals surface area contributed by atoms with Crippen LogP contribution in [0, 0.1) is 5.92 Å². The number of aromatic nitrogens is 3. The highest BCUT2D eigenvalue weighted by Gasteiger charge is 2.35. The molecule has 0 saturated carbocycles. The standard InChI is InChI=1S/C30H36ClN5O4/c1-30(2,3)40-29(39)34-11-8-21(9-12-34)23-14-26-28(32-19-33-36(26)18-23)35-16-24(17-35)27(38)15-22(10-13-37)20-4-6-25(31)7-5-20/h4-8,14,18-19,22,24,37H,9-13,15-17H2,1-3H3/t22-/m1/s1. The lowest BCUT2D eigenvalue weighted by molar-refractivity contribution is -0.124. The molecule has 2 aliphatic rings. The highest BCUT2D eigenvalue weighted by atomic mass is 35.5. The minimum atomic E-state index is -0.519. The van der Waals surface area contributed by atoms with Crippen LogP contribution in [0.1, 0.15) is 57.1 Å². The molecule has 2 aliphatic heterocycles. The van der Waals surface area contributed by atoms with Crippen LogP contribution in [-0.2, 0) is 9.53 Å². The summed E-state index contributed by atoms with van der Waals surface area (Å²) in [6, 6.07) is 9.59. The number of anilines is 1. The second-order valence-corrected chi connectivity index (χ2v) is 12.0. The van der Waals surface area contributed by atoms with Crippen molar-refractivity contribution in [3.63, 3.8) is 0 Å². The van der Waals surface area contributed by atoms with E-state index in [-0.39, 0.29) is 30.3 Å². The predicted octanol–water partition coefficient (Wildman–Crippen LogP) is 4.97. The first-order valence-electron chi connectivity index (χ1n) is 13.8. The summed E-state index contributed by atoms with van der Waals surface area (Å²) in [6.45, 7) is 7.93. The zero-order chi connectivity index (χ0) is 28.4. The number of nitrogens with zero attached hydrogens (tertiary/aromatic N) is 5. The Balaban J connectivity index is 1.23. The van der Waals surface area contributed by atoms with E-state index >= 15 is 0 Å². The average molecular weight is 566 g/mol. The molecule has 1 atom stereocenters. The lowest BCUT2D eigenvalue weighted by atomic mass is 9.84. The Kier molecular flexibility index (Phi) is 8.14. The maximum Gasteiger partial charge on any atom is 0.410 e. The van der Waals surface area contributed by atoms with Gasteiger partial charge in [-0.15, -0.1) is 0 Å². The fourth-order valence-corrected chi connectivity index (χ4v) is 5.43. The molecule has 1 N–H and O–H groups in total. The molecule has 1 aromatic carbocycles. The number of aliphatic hydroxyl groups is 1. The first-order chi connectivity index (χ1) is 19.1. The number of benzene rings is 1. The Hall–Kier alpha value is -3.43. The van der Waals surface area contributed by atoms with Crippen molar-refractivity contribution in [2.75, 3.05) is 37.7 Å². The highest BCUT2D eigenvalue weighted by Crippen LogP contribution is 2.33. The predicted molar refractivity (Wildman–Crippen MR) is 155 cm³/mol. The number of carbonyl (C=O) groups excluding carboxylic acids is 2. The molecular formula is C30H36ClN5O4. The Morgan fingerprint density at radius 1 is 1.20 bits per heavy atom. The van der Waals surface area contributed by atoms with Gasteiger partial charge in [-0.1, -0.05) is 29.8 Å². The van der Waals surface area contributed by atoms with Crippen LogP contribution in [0.4, 0.5) is 10.6 Å². The van der Waals surface area contributed by atoms with Crippen molar-refractivity contribution in [3.05, 3.63) is 65.1 Å². The molecule has 3 aromatic rings. The van der Waals surface area contributed by atoms with Gasteiger partial charge in [-0.3, -0.25) is 4.79 Å². The van der Waals surface area contributed by atoms with Gasteiger partial charge in [0.25, 0.3) is 0 Å². The van der Waals surface area contributed by atoms with Gasteiger partial charge in [0.05, 0.1) is 5.92 Å². The molecule has 0 bridgehead atoms. The number of amides is 1. The van der Waals surface area contributed by atoms with Gasteiger partial charge in [0.1, 0.15) is 23.2 Å². The fourth-order valence-electron chi connectivity index (χ4n) is 5.30. The second kappa shape index (κ2) is 11.6. The van der Waals surface area contributed by atoms with E-state index in [1.54, 1.807) is 11.2 Å². The van der Waals surface area contributed by atoms with Gasteiger partial charge >= 0.3 is 6.09 Å². The zero-order valence-electron chi connectivity index (χ0n) is 23.2. The summed E-state index contributed by atoms with van der Waals surface area (Å²) in [7, 11) is 0. The molecule has 4 heterocycles. The number of aliphatic hydroxyl groups excluding tert-OH is 1. The Morgan fingerprint density at radius 3 is 2.60 bits per heavy atom. The monoisotopic (exact) mass is 565 g/mol. The van der Waals surface area contributed by atoms with E-state index in [1.165, 1.54) is 0 Å². The van der Waals surface area contributed by atoms with Crippen molar-refractivity contribution >= 4 is 40.4 Å². The van der Waals surface area contributed by atoms with Crippen molar-refractivity contribution in [3.8, 4) is 0 Å². The third kappa shape index (κ3) is 6.31. The number of rotatable bonds is 8. The van der Waals surface area contributed by atoms with Crippen molar-refractivity contribution in [2.24, 2.45) is 5.92 Å². The summed E-state index contributed by atoms with van der Waals surface area (Å²) < 4.78 is 7.33. The van der Waals surface area contributed by atoms with Crippen LogP contribution in [0.25, 0.3) is 11.1 Å². The molecule has 9 nitrogen and oxygen atoms in total. The molecule has 1 fully saturated rings. The number of Topliss-reactive ketones (excluding diaryl/α,β-unsaturated/α-hetero) is 1. The van der Waals surface area contributed by atoms with E-state index in [0.717, 1.165) is 34.5 Å². The Morgan fingerprint density at radius 2 is 1.95 bits per heavy atom. The first-order valence-corrected chi connectivity index (χ1v) is 14.1. The lowest BCUT2D eigenvalue weighted by Crippen LogP contribution is -2.51. The number of ether oxygens (including phenoxy) is 1. The SMILES string of the molecule is CC(C)(C)OC(=O)N1CC=C(c2cc3c(N4CC(C(=O)C[C@@H](CCO)c5ccc(Cl)cc5)C4)ncnn3c2)CC1. The van der Waals surface area contributed by atoms with Crippen LogP contribution in [0.2, 0.25) is 5.02 Å². The minimum Gasteiger partial charge on any atom is -0.444 e. The zero-order valence-corrected chi connectivity index (χ0v) is 24.0. The summed E-state index contributed by atoms with van der Waals surface area (Å²) in [5.41, 5.74) is 3.60. The number of hydrogen-bond acceptors (Lipinski definition) is 7. The van der Waals surface area contributed by atoms with Crippen molar-refractivity contribution in [1.82, 2.24) is 19.5 Å². The summed E-state index contributed by atoms with van der Waals surface area (Å²) in [5, 5.41) is 14.6. The maximum absolute atomic E-state index is 13.1. The smallest absolute Gasteiger partial charge is 0.410 e. The molecule has 2 aromatic heterocycles. The van der Waals surface area contributed by atoms with Crippen molar-refractivity contribution < 1.29 is 19.4 Å². The van der Waals surface area contributed by atoms with Crippen LogP contribution in [-0.4, -0.2) is 74.9 Å². The van der Waals surface area contributed by atoms with Crippen LogP contribution in [0.3, 0.4) is 0 Å². The number of carbonyl (C=O) groups is 2. The third-order valence-corrected chi connectivity index (χ3v) is 7.77. The molecule has 1 saturated heterocycles. The topological polar surface area (TPSA) is 100 Å². The number of ketones is 1. The molecule has 0 unspecified atom stereocenters. The summed E-state index contributed by atoms with van der Waals surface area (Å²) in [4.78, 5) is 33.9. The number of hydrogen-bond donors (Lipinski definition) is 1. The van der Waals surface area contributed by atoms with Crippen LogP contribution in [0.5, 0.6) is 0 Å². The fraction of sp³-hybridized carbons (Fsp3) is 0.467. The highest BCUT2D eigenvalue weighted by molar-refractivity contribution is 6.30. The van der Waals surface area contributed by atoms with Gasteiger partial charge < -0.3 is 19.6 Å². The molecule has 1 amide bonds. The molecule has 0 spiro atoms. The van der Waals surface area contributed by atoms with Gasteiger partial charge in [-0.2, -0.15) is 5.10 Å². The molecule has 0 aliphatic carbocycles. The Labute approximate surface area is 239 Å². The van der Waals surface area contributed by atoms with Gasteiger partial charge in [-0.25, -0.2) is 14.3 Å². The van der Waals surface area contributed by atoms with E-state index in [1.807, 2.05) is 55.7 Å². The average Bonchev–Trinajstić information content (AvgIpc) is 3.32. The largest absolute Gasteiger partial charge is 0.444 e. The molecule has 0 radical (unpaired) electrons. The Bertz CT molecular complexity index is 1410. The molecular weight excluding hydrogens is 530 g/mol.